The highest BCUT2D eigenvalue weighted by Gasteiger charge is 2.03. The van der Waals surface area contributed by atoms with Crippen LogP contribution in [0.2, 0.25) is 0 Å². The van der Waals surface area contributed by atoms with Crippen LogP contribution in [0.5, 0.6) is 0 Å². The van der Waals surface area contributed by atoms with Crippen molar-refractivity contribution in [1.29, 1.82) is 0 Å². The van der Waals surface area contributed by atoms with E-state index in [0.717, 1.165) is 31.7 Å². The highest BCUT2D eigenvalue weighted by atomic mass is 32.1. The van der Waals surface area contributed by atoms with Crippen LogP contribution >= 0.6 is 11.3 Å². The van der Waals surface area contributed by atoms with Crippen molar-refractivity contribution in [3.8, 4) is 0 Å². The zero-order chi connectivity index (χ0) is 13.5. The Labute approximate surface area is 119 Å². The lowest BCUT2D eigenvalue weighted by Gasteiger charge is -2.10. The first kappa shape index (κ1) is 14.2. The lowest BCUT2D eigenvalue weighted by molar-refractivity contribution is 0.687. The van der Waals surface area contributed by atoms with Crippen LogP contribution in [0.25, 0.3) is 0 Å². The van der Waals surface area contributed by atoms with Gasteiger partial charge in [0.15, 0.2) is 0 Å². The Bertz CT molecular complexity index is 508. The van der Waals surface area contributed by atoms with Crippen LogP contribution < -0.4 is 10.6 Å². The van der Waals surface area contributed by atoms with Gasteiger partial charge in [0.05, 0.1) is 11.2 Å². The maximum Gasteiger partial charge on any atom is 0.0798 e. The molecule has 1 heterocycles. The van der Waals surface area contributed by atoms with Crippen LogP contribution in [0.4, 0.5) is 0 Å². The van der Waals surface area contributed by atoms with Crippen molar-refractivity contribution in [1.82, 2.24) is 15.6 Å². The van der Waals surface area contributed by atoms with E-state index in [1.807, 2.05) is 12.6 Å². The number of aryl methyl sites for hydroxylation is 1. The second-order valence-corrected chi connectivity index (χ2v) is 5.53. The van der Waals surface area contributed by atoms with Crippen molar-refractivity contribution in [3.63, 3.8) is 0 Å². The summed E-state index contributed by atoms with van der Waals surface area (Å²) in [5, 5.41) is 6.71. The van der Waals surface area contributed by atoms with E-state index in [1.54, 1.807) is 11.3 Å². The predicted octanol–water partition coefficient (Wildman–Crippen LogP) is 2.50. The molecule has 1 aromatic heterocycles. The molecule has 19 heavy (non-hydrogen) atoms. The molecule has 0 unspecified atom stereocenters. The summed E-state index contributed by atoms with van der Waals surface area (Å²) in [5.41, 5.74) is 5.86. The third-order valence-corrected chi connectivity index (χ3v) is 4.14. The zero-order valence-electron chi connectivity index (χ0n) is 11.6. The zero-order valence-corrected chi connectivity index (χ0v) is 12.4. The van der Waals surface area contributed by atoms with Gasteiger partial charge in [0.2, 0.25) is 0 Å². The quantitative estimate of drug-likeness (QED) is 0.815. The van der Waals surface area contributed by atoms with Gasteiger partial charge in [-0.15, -0.1) is 11.3 Å². The fourth-order valence-electron chi connectivity index (χ4n) is 2.04. The highest BCUT2D eigenvalue weighted by Crippen LogP contribution is 2.13. The summed E-state index contributed by atoms with van der Waals surface area (Å²) in [7, 11) is 1.99. The molecule has 0 fully saturated rings. The number of hydrogen-bond acceptors (Lipinski definition) is 4. The minimum Gasteiger partial charge on any atom is -0.319 e. The van der Waals surface area contributed by atoms with Crippen LogP contribution in [0, 0.1) is 6.92 Å². The SMILES string of the molecule is CNCCc1ccccc1CNCc1scnc1C. The van der Waals surface area contributed by atoms with E-state index in [-0.39, 0.29) is 0 Å². The number of hydrogen-bond donors (Lipinski definition) is 2. The summed E-state index contributed by atoms with van der Waals surface area (Å²) < 4.78 is 0. The van der Waals surface area contributed by atoms with E-state index in [4.69, 9.17) is 0 Å². The molecule has 0 aliphatic carbocycles. The summed E-state index contributed by atoms with van der Waals surface area (Å²) in [6, 6.07) is 8.64. The molecular formula is C15H21N3S. The van der Waals surface area contributed by atoms with Crippen molar-refractivity contribution in [3.05, 3.63) is 51.5 Å². The molecule has 4 heteroatoms. The number of nitrogens with one attached hydrogen (secondary N) is 2. The molecule has 0 radical (unpaired) electrons. The number of nitrogens with zero attached hydrogens (tertiary/aromatic N) is 1. The Morgan fingerprint density at radius 2 is 1.95 bits per heavy atom. The monoisotopic (exact) mass is 275 g/mol. The minimum absolute atomic E-state index is 0.900. The van der Waals surface area contributed by atoms with E-state index in [1.165, 1.54) is 16.0 Å². The third-order valence-electron chi connectivity index (χ3n) is 3.21. The van der Waals surface area contributed by atoms with Crippen molar-refractivity contribution < 1.29 is 0 Å². The Morgan fingerprint density at radius 1 is 1.16 bits per heavy atom. The molecule has 0 aliphatic rings. The summed E-state index contributed by atoms with van der Waals surface area (Å²) in [6.07, 6.45) is 1.08. The van der Waals surface area contributed by atoms with Gasteiger partial charge in [-0.2, -0.15) is 0 Å². The molecule has 0 atom stereocenters. The van der Waals surface area contributed by atoms with E-state index < -0.39 is 0 Å². The van der Waals surface area contributed by atoms with Crippen molar-refractivity contribution in [2.45, 2.75) is 26.4 Å². The average Bonchev–Trinajstić information content (AvgIpc) is 2.83. The first-order chi connectivity index (χ1) is 9.31. The standard InChI is InChI=1S/C15H21N3S/c1-12-15(19-11-18-12)10-17-9-14-6-4-3-5-13(14)7-8-16-2/h3-6,11,16-17H,7-10H2,1-2H3. The van der Waals surface area contributed by atoms with Crippen molar-refractivity contribution >= 4 is 11.3 Å². The maximum absolute atomic E-state index is 4.27. The molecule has 0 spiro atoms. The van der Waals surface area contributed by atoms with Gasteiger partial charge in [-0.3, -0.25) is 0 Å². The van der Waals surface area contributed by atoms with Gasteiger partial charge in [-0.05, 0) is 38.1 Å². The Balaban J connectivity index is 1.90. The largest absolute Gasteiger partial charge is 0.319 e. The molecule has 2 aromatic rings. The molecule has 2 rings (SSSR count). The second-order valence-electron chi connectivity index (χ2n) is 4.59. The molecule has 0 bridgehead atoms. The van der Waals surface area contributed by atoms with Crippen LogP contribution in [-0.4, -0.2) is 18.6 Å². The van der Waals surface area contributed by atoms with Crippen LogP contribution in [0.3, 0.4) is 0 Å². The molecule has 0 amide bonds. The number of rotatable bonds is 7. The Kier molecular flexibility index (Phi) is 5.51. The van der Waals surface area contributed by atoms with Crippen molar-refractivity contribution in [2.24, 2.45) is 0 Å². The number of benzene rings is 1. The van der Waals surface area contributed by atoms with Crippen LogP contribution in [0.1, 0.15) is 21.7 Å². The first-order valence-electron chi connectivity index (χ1n) is 6.62. The fourth-order valence-corrected chi connectivity index (χ4v) is 2.79. The molecular weight excluding hydrogens is 254 g/mol. The lowest BCUT2D eigenvalue weighted by Crippen LogP contribution is -2.16. The van der Waals surface area contributed by atoms with Gasteiger partial charge < -0.3 is 10.6 Å². The summed E-state index contributed by atoms with van der Waals surface area (Å²) in [5.74, 6) is 0. The van der Waals surface area contributed by atoms with Crippen LogP contribution in [-0.2, 0) is 19.5 Å². The maximum atomic E-state index is 4.27. The molecule has 0 aliphatic heterocycles. The fraction of sp³-hybridized carbons (Fsp3) is 0.400. The topological polar surface area (TPSA) is 37.0 Å². The van der Waals surface area contributed by atoms with Gasteiger partial charge >= 0.3 is 0 Å². The molecule has 2 N–H and O–H groups in total. The number of thiazole rings is 1. The van der Waals surface area contributed by atoms with Gasteiger partial charge in [-0.25, -0.2) is 4.98 Å². The number of likely N-dealkylation sites (N-methyl/N-ethyl adjacent to an activating group) is 1. The minimum atomic E-state index is 0.900. The molecule has 0 saturated heterocycles. The van der Waals surface area contributed by atoms with Gasteiger partial charge in [-0.1, -0.05) is 24.3 Å². The summed E-state index contributed by atoms with van der Waals surface area (Å²) in [6.45, 7) is 4.90. The van der Waals surface area contributed by atoms with Crippen molar-refractivity contribution in [2.75, 3.05) is 13.6 Å². The molecule has 0 saturated carbocycles. The van der Waals surface area contributed by atoms with Gasteiger partial charge in [0, 0.05) is 18.0 Å². The number of aromatic nitrogens is 1. The first-order valence-corrected chi connectivity index (χ1v) is 7.50. The molecule has 3 nitrogen and oxygen atoms in total. The highest BCUT2D eigenvalue weighted by molar-refractivity contribution is 7.09. The van der Waals surface area contributed by atoms with Gasteiger partial charge in [0.25, 0.3) is 0 Å². The molecule has 102 valence electrons. The Hall–Kier alpha value is -1.23. The Morgan fingerprint density at radius 3 is 2.63 bits per heavy atom. The van der Waals surface area contributed by atoms with E-state index >= 15 is 0 Å². The third kappa shape index (κ3) is 4.13. The van der Waals surface area contributed by atoms with E-state index in [2.05, 4.69) is 46.8 Å². The van der Waals surface area contributed by atoms with E-state index in [9.17, 15) is 0 Å². The summed E-state index contributed by atoms with van der Waals surface area (Å²) >= 11 is 1.72. The normalized spacial score (nSPS) is 10.8. The second kappa shape index (κ2) is 7.38. The van der Waals surface area contributed by atoms with Crippen LogP contribution in [0.15, 0.2) is 29.8 Å². The van der Waals surface area contributed by atoms with Gasteiger partial charge in [0.1, 0.15) is 0 Å². The predicted molar refractivity (Wildman–Crippen MR) is 81.5 cm³/mol. The molecule has 1 aromatic carbocycles. The smallest absolute Gasteiger partial charge is 0.0798 e. The van der Waals surface area contributed by atoms with E-state index in [0.29, 0.717) is 0 Å². The lowest BCUT2D eigenvalue weighted by atomic mass is 10.0. The summed E-state index contributed by atoms with van der Waals surface area (Å²) in [4.78, 5) is 5.60. The average molecular weight is 275 g/mol.